The van der Waals surface area contributed by atoms with Gasteiger partial charge in [-0.2, -0.15) is 0 Å². The number of hydrogen-bond acceptors (Lipinski definition) is 2. The molecule has 1 aromatic carbocycles. The van der Waals surface area contributed by atoms with E-state index in [-0.39, 0.29) is 5.91 Å². The maximum absolute atomic E-state index is 12.0. The standard InChI is InChI=1S/C13H10ClIN2O/c14-9-4-5-11(12(15)7-9)13(18)17-8-10-3-1-2-6-16-10/h1-7H,8H2,(H,17,18). The first-order valence-electron chi connectivity index (χ1n) is 5.30. The second-order valence-electron chi connectivity index (χ2n) is 3.63. The Morgan fingerprint density at radius 1 is 1.33 bits per heavy atom. The van der Waals surface area contributed by atoms with Gasteiger partial charge in [-0.1, -0.05) is 17.7 Å². The molecule has 92 valence electrons. The summed E-state index contributed by atoms with van der Waals surface area (Å²) in [6.07, 6.45) is 1.70. The molecule has 0 saturated heterocycles. The molecule has 5 heteroatoms. The van der Waals surface area contributed by atoms with Gasteiger partial charge in [0, 0.05) is 14.8 Å². The molecule has 0 saturated carbocycles. The number of nitrogens with one attached hydrogen (secondary N) is 1. The zero-order valence-electron chi connectivity index (χ0n) is 9.36. The van der Waals surface area contributed by atoms with E-state index in [1.165, 1.54) is 0 Å². The van der Waals surface area contributed by atoms with Crippen LogP contribution in [0, 0.1) is 3.57 Å². The zero-order valence-corrected chi connectivity index (χ0v) is 12.3. The molecule has 1 heterocycles. The van der Waals surface area contributed by atoms with E-state index in [2.05, 4.69) is 32.9 Å². The van der Waals surface area contributed by atoms with E-state index in [0.717, 1.165) is 9.26 Å². The maximum atomic E-state index is 12.0. The van der Waals surface area contributed by atoms with Gasteiger partial charge in [0.05, 0.1) is 17.8 Å². The SMILES string of the molecule is O=C(NCc1ccccn1)c1ccc(Cl)cc1I. The number of halogens is 2. The molecular weight excluding hydrogens is 363 g/mol. The van der Waals surface area contributed by atoms with Gasteiger partial charge in [0.2, 0.25) is 0 Å². The summed E-state index contributed by atoms with van der Waals surface area (Å²) in [6, 6.07) is 10.8. The fourth-order valence-corrected chi connectivity index (χ4v) is 2.56. The molecule has 0 aliphatic heterocycles. The first-order chi connectivity index (χ1) is 8.66. The summed E-state index contributed by atoms with van der Waals surface area (Å²) >= 11 is 7.94. The van der Waals surface area contributed by atoms with Gasteiger partial charge in [0.25, 0.3) is 5.91 Å². The Labute approximate surface area is 124 Å². The topological polar surface area (TPSA) is 42.0 Å². The Morgan fingerprint density at radius 3 is 2.83 bits per heavy atom. The molecule has 0 radical (unpaired) electrons. The van der Waals surface area contributed by atoms with E-state index in [4.69, 9.17) is 11.6 Å². The molecule has 0 aliphatic rings. The smallest absolute Gasteiger partial charge is 0.252 e. The van der Waals surface area contributed by atoms with Crippen molar-refractivity contribution in [1.29, 1.82) is 0 Å². The average molecular weight is 373 g/mol. The van der Waals surface area contributed by atoms with Crippen molar-refractivity contribution in [2.24, 2.45) is 0 Å². The van der Waals surface area contributed by atoms with Crippen molar-refractivity contribution in [2.75, 3.05) is 0 Å². The van der Waals surface area contributed by atoms with Crippen molar-refractivity contribution in [2.45, 2.75) is 6.54 Å². The van der Waals surface area contributed by atoms with Crippen molar-refractivity contribution in [1.82, 2.24) is 10.3 Å². The quantitative estimate of drug-likeness (QED) is 0.840. The lowest BCUT2D eigenvalue weighted by atomic mass is 10.2. The molecular formula is C13H10ClIN2O. The number of carbonyl (C=O) groups is 1. The largest absolute Gasteiger partial charge is 0.346 e. The van der Waals surface area contributed by atoms with Gasteiger partial charge in [-0.05, 0) is 52.9 Å². The van der Waals surface area contributed by atoms with Crippen molar-refractivity contribution < 1.29 is 4.79 Å². The number of benzene rings is 1. The number of aromatic nitrogens is 1. The minimum atomic E-state index is -0.123. The molecule has 0 atom stereocenters. The minimum Gasteiger partial charge on any atom is -0.346 e. The van der Waals surface area contributed by atoms with Gasteiger partial charge in [-0.3, -0.25) is 9.78 Å². The third kappa shape index (κ3) is 3.43. The van der Waals surface area contributed by atoms with Crippen molar-refractivity contribution in [3.05, 3.63) is 62.4 Å². The molecule has 1 amide bonds. The van der Waals surface area contributed by atoms with Crippen LogP contribution in [0.15, 0.2) is 42.6 Å². The number of carbonyl (C=O) groups excluding carboxylic acids is 1. The van der Waals surface area contributed by atoms with E-state index in [0.29, 0.717) is 17.1 Å². The van der Waals surface area contributed by atoms with Crippen molar-refractivity contribution in [3.8, 4) is 0 Å². The van der Waals surface area contributed by atoms with Crippen LogP contribution in [0.4, 0.5) is 0 Å². The summed E-state index contributed by atoms with van der Waals surface area (Å²) in [5, 5.41) is 3.45. The first-order valence-corrected chi connectivity index (χ1v) is 6.75. The van der Waals surface area contributed by atoms with E-state index in [1.54, 1.807) is 24.4 Å². The molecule has 3 nitrogen and oxygen atoms in total. The summed E-state index contributed by atoms with van der Waals surface area (Å²) in [7, 11) is 0. The molecule has 0 fully saturated rings. The monoisotopic (exact) mass is 372 g/mol. The summed E-state index contributed by atoms with van der Waals surface area (Å²) in [5.74, 6) is -0.123. The Kier molecular flexibility index (Phi) is 4.54. The highest BCUT2D eigenvalue weighted by molar-refractivity contribution is 14.1. The molecule has 2 aromatic rings. The number of hydrogen-bond donors (Lipinski definition) is 1. The highest BCUT2D eigenvalue weighted by Crippen LogP contribution is 2.17. The van der Waals surface area contributed by atoms with Crippen LogP contribution in [0.3, 0.4) is 0 Å². The molecule has 0 spiro atoms. The normalized spacial score (nSPS) is 10.1. The molecule has 0 unspecified atom stereocenters. The van der Waals surface area contributed by atoms with Crippen LogP contribution in [0.2, 0.25) is 5.02 Å². The molecule has 1 aromatic heterocycles. The Balaban J connectivity index is 2.04. The van der Waals surface area contributed by atoms with Crippen LogP contribution in [0.25, 0.3) is 0 Å². The van der Waals surface area contributed by atoms with Gasteiger partial charge in [-0.15, -0.1) is 0 Å². The lowest BCUT2D eigenvalue weighted by Crippen LogP contribution is -2.24. The van der Waals surface area contributed by atoms with Gasteiger partial charge in [0.1, 0.15) is 0 Å². The van der Waals surface area contributed by atoms with Crippen molar-refractivity contribution >= 4 is 40.1 Å². The molecule has 18 heavy (non-hydrogen) atoms. The summed E-state index contributed by atoms with van der Waals surface area (Å²) in [5.41, 5.74) is 1.45. The Bertz CT molecular complexity index is 560. The summed E-state index contributed by atoms with van der Waals surface area (Å²) in [4.78, 5) is 16.1. The van der Waals surface area contributed by atoms with Crippen LogP contribution in [0.5, 0.6) is 0 Å². The van der Waals surface area contributed by atoms with E-state index < -0.39 is 0 Å². The van der Waals surface area contributed by atoms with Gasteiger partial charge in [0.15, 0.2) is 0 Å². The second kappa shape index (κ2) is 6.15. The van der Waals surface area contributed by atoms with Crippen LogP contribution < -0.4 is 5.32 Å². The van der Waals surface area contributed by atoms with Crippen molar-refractivity contribution in [3.63, 3.8) is 0 Å². The number of nitrogens with zero attached hydrogens (tertiary/aromatic N) is 1. The van der Waals surface area contributed by atoms with Crippen LogP contribution in [-0.4, -0.2) is 10.9 Å². The van der Waals surface area contributed by atoms with E-state index in [9.17, 15) is 4.79 Å². The van der Waals surface area contributed by atoms with Crippen LogP contribution in [0.1, 0.15) is 16.1 Å². The maximum Gasteiger partial charge on any atom is 0.252 e. The highest BCUT2D eigenvalue weighted by atomic mass is 127. The number of rotatable bonds is 3. The Morgan fingerprint density at radius 2 is 2.17 bits per heavy atom. The van der Waals surface area contributed by atoms with E-state index in [1.807, 2.05) is 18.2 Å². The van der Waals surface area contributed by atoms with Gasteiger partial charge < -0.3 is 5.32 Å². The third-order valence-electron chi connectivity index (χ3n) is 2.33. The van der Waals surface area contributed by atoms with Gasteiger partial charge in [-0.25, -0.2) is 0 Å². The number of amides is 1. The predicted octanol–water partition coefficient (Wildman–Crippen LogP) is 3.27. The second-order valence-corrected chi connectivity index (χ2v) is 5.23. The average Bonchev–Trinajstić information content (AvgIpc) is 2.37. The van der Waals surface area contributed by atoms with Crippen LogP contribution >= 0.6 is 34.2 Å². The molecule has 1 N–H and O–H groups in total. The zero-order chi connectivity index (χ0) is 13.0. The lowest BCUT2D eigenvalue weighted by molar-refractivity contribution is 0.0949. The summed E-state index contributed by atoms with van der Waals surface area (Å²) in [6.45, 7) is 0.415. The number of pyridine rings is 1. The van der Waals surface area contributed by atoms with Crippen LogP contribution in [-0.2, 0) is 6.54 Å². The third-order valence-corrected chi connectivity index (χ3v) is 3.46. The molecule has 2 rings (SSSR count). The predicted molar refractivity (Wildman–Crippen MR) is 79.6 cm³/mol. The fourth-order valence-electron chi connectivity index (χ4n) is 1.44. The minimum absolute atomic E-state index is 0.123. The fraction of sp³-hybridized carbons (Fsp3) is 0.0769. The molecule has 0 bridgehead atoms. The van der Waals surface area contributed by atoms with Gasteiger partial charge >= 0.3 is 0 Å². The first kappa shape index (κ1) is 13.3. The highest BCUT2D eigenvalue weighted by Gasteiger charge is 2.09. The summed E-state index contributed by atoms with van der Waals surface area (Å²) < 4.78 is 0.832. The van der Waals surface area contributed by atoms with E-state index >= 15 is 0 Å². The lowest BCUT2D eigenvalue weighted by Gasteiger charge is -2.06. The molecule has 0 aliphatic carbocycles. The Hall–Kier alpha value is -1.14.